The van der Waals surface area contributed by atoms with Crippen molar-refractivity contribution >= 4 is 5.69 Å². The van der Waals surface area contributed by atoms with Gasteiger partial charge in [-0.15, -0.1) is 0 Å². The molecule has 1 aromatic carbocycles. The van der Waals surface area contributed by atoms with E-state index in [9.17, 15) is 4.39 Å². The Balaban J connectivity index is 2.38. The maximum absolute atomic E-state index is 13.0. The molecule has 0 amide bonds. The molecule has 0 spiro atoms. The summed E-state index contributed by atoms with van der Waals surface area (Å²) in [6.45, 7) is 0. The van der Waals surface area contributed by atoms with Crippen molar-refractivity contribution in [2.75, 3.05) is 19.0 Å². The van der Waals surface area contributed by atoms with Gasteiger partial charge in [0.1, 0.15) is 5.82 Å². The molecule has 2 atom stereocenters. The molecule has 0 radical (unpaired) electrons. The van der Waals surface area contributed by atoms with Crippen LogP contribution in [0.25, 0.3) is 0 Å². The van der Waals surface area contributed by atoms with Gasteiger partial charge in [-0.3, -0.25) is 0 Å². The number of hydrogen-bond donors (Lipinski definition) is 1. The molecule has 1 saturated carbocycles. The van der Waals surface area contributed by atoms with Gasteiger partial charge in [-0.25, -0.2) is 4.39 Å². The Morgan fingerprint density at radius 1 is 1.43 bits per heavy atom. The predicted octanol–water partition coefficient (Wildman–Crippen LogP) is 1.71. The topological polar surface area (TPSA) is 29.3 Å². The molecule has 1 aliphatic rings. The second kappa shape index (κ2) is 3.24. The Labute approximate surface area is 83.5 Å². The van der Waals surface area contributed by atoms with Crippen molar-refractivity contribution in [3.63, 3.8) is 0 Å². The van der Waals surface area contributed by atoms with E-state index in [2.05, 4.69) is 0 Å². The maximum atomic E-state index is 13.0. The highest BCUT2D eigenvalue weighted by Gasteiger charge is 2.36. The van der Waals surface area contributed by atoms with Crippen LogP contribution in [0.1, 0.15) is 17.9 Å². The summed E-state index contributed by atoms with van der Waals surface area (Å²) in [4.78, 5) is 1.93. The van der Waals surface area contributed by atoms with Crippen LogP contribution >= 0.6 is 0 Å². The summed E-state index contributed by atoms with van der Waals surface area (Å²) < 4.78 is 13.0. The Bertz CT molecular complexity index is 349. The van der Waals surface area contributed by atoms with E-state index in [0.29, 0.717) is 5.92 Å². The zero-order chi connectivity index (χ0) is 10.3. The molecule has 0 aromatic heterocycles. The fraction of sp³-hybridized carbons (Fsp3) is 0.455. The third-order valence-electron chi connectivity index (χ3n) is 2.71. The molecule has 3 heteroatoms. The van der Waals surface area contributed by atoms with Crippen LogP contribution in [0, 0.1) is 5.82 Å². The standard InChI is InChI=1S/C11H15FN2/c1-14(2)11-5-7(12)3-4-8(11)9-6-10(9)13/h3-5,9-10H,6,13H2,1-2H3. The van der Waals surface area contributed by atoms with Gasteiger partial charge < -0.3 is 10.6 Å². The lowest BCUT2D eigenvalue weighted by Gasteiger charge is -2.17. The van der Waals surface area contributed by atoms with Gasteiger partial charge in [0.05, 0.1) is 0 Å². The van der Waals surface area contributed by atoms with E-state index >= 15 is 0 Å². The zero-order valence-corrected chi connectivity index (χ0v) is 8.50. The van der Waals surface area contributed by atoms with Gasteiger partial charge in [-0.05, 0) is 24.1 Å². The van der Waals surface area contributed by atoms with Crippen molar-refractivity contribution in [1.29, 1.82) is 0 Å². The number of rotatable bonds is 2. The first kappa shape index (κ1) is 9.46. The van der Waals surface area contributed by atoms with Gasteiger partial charge in [0.2, 0.25) is 0 Å². The molecule has 2 nitrogen and oxygen atoms in total. The second-order valence-electron chi connectivity index (χ2n) is 4.10. The van der Waals surface area contributed by atoms with Crippen LogP contribution in [0.4, 0.5) is 10.1 Å². The number of hydrogen-bond acceptors (Lipinski definition) is 2. The molecule has 0 bridgehead atoms. The fourth-order valence-electron chi connectivity index (χ4n) is 1.79. The average Bonchev–Trinajstić information content (AvgIpc) is 2.82. The third-order valence-corrected chi connectivity index (χ3v) is 2.71. The molecule has 0 saturated heterocycles. The first-order valence-corrected chi connectivity index (χ1v) is 4.82. The maximum Gasteiger partial charge on any atom is 0.125 e. The minimum atomic E-state index is -0.188. The van der Waals surface area contributed by atoms with Gasteiger partial charge in [0.25, 0.3) is 0 Å². The second-order valence-corrected chi connectivity index (χ2v) is 4.10. The fourth-order valence-corrected chi connectivity index (χ4v) is 1.79. The van der Waals surface area contributed by atoms with Gasteiger partial charge in [0.15, 0.2) is 0 Å². The molecule has 2 rings (SSSR count). The first-order chi connectivity index (χ1) is 6.59. The van der Waals surface area contributed by atoms with Gasteiger partial charge in [0, 0.05) is 31.7 Å². The molecular weight excluding hydrogens is 179 g/mol. The van der Waals surface area contributed by atoms with E-state index < -0.39 is 0 Å². The molecule has 0 heterocycles. The molecule has 1 aromatic rings. The van der Waals surface area contributed by atoms with Crippen molar-refractivity contribution in [3.8, 4) is 0 Å². The summed E-state index contributed by atoms with van der Waals surface area (Å²) in [5.74, 6) is 0.236. The SMILES string of the molecule is CN(C)c1cc(F)ccc1C1CC1N. The number of nitrogens with zero attached hydrogens (tertiary/aromatic N) is 1. The zero-order valence-electron chi connectivity index (χ0n) is 8.50. The summed E-state index contributed by atoms with van der Waals surface area (Å²) in [7, 11) is 3.85. The van der Waals surface area contributed by atoms with Crippen molar-refractivity contribution in [2.45, 2.75) is 18.4 Å². The Hall–Kier alpha value is -1.09. The lowest BCUT2D eigenvalue weighted by atomic mass is 10.1. The molecule has 1 fully saturated rings. The van der Waals surface area contributed by atoms with Crippen molar-refractivity contribution in [1.82, 2.24) is 0 Å². The summed E-state index contributed by atoms with van der Waals surface area (Å²) in [5.41, 5.74) is 7.91. The average molecular weight is 194 g/mol. The largest absolute Gasteiger partial charge is 0.377 e. The minimum absolute atomic E-state index is 0.188. The molecule has 1 aliphatic carbocycles. The van der Waals surface area contributed by atoms with Crippen LogP contribution in [0.15, 0.2) is 18.2 Å². The van der Waals surface area contributed by atoms with Crippen LogP contribution in [-0.4, -0.2) is 20.1 Å². The Morgan fingerprint density at radius 3 is 2.57 bits per heavy atom. The van der Waals surface area contributed by atoms with E-state index in [1.165, 1.54) is 11.6 Å². The van der Waals surface area contributed by atoms with Gasteiger partial charge in [-0.1, -0.05) is 6.07 Å². The van der Waals surface area contributed by atoms with Crippen molar-refractivity contribution in [2.24, 2.45) is 5.73 Å². The lowest BCUT2D eigenvalue weighted by Crippen LogP contribution is -2.12. The molecule has 2 N–H and O–H groups in total. The molecular formula is C11H15FN2. The van der Waals surface area contributed by atoms with Crippen LogP contribution < -0.4 is 10.6 Å². The summed E-state index contributed by atoms with van der Waals surface area (Å²) >= 11 is 0. The number of anilines is 1. The first-order valence-electron chi connectivity index (χ1n) is 4.82. The van der Waals surface area contributed by atoms with E-state index in [1.807, 2.05) is 25.1 Å². The van der Waals surface area contributed by atoms with Crippen molar-refractivity contribution < 1.29 is 4.39 Å². The number of nitrogens with two attached hydrogens (primary N) is 1. The highest BCUT2D eigenvalue weighted by Crippen LogP contribution is 2.43. The van der Waals surface area contributed by atoms with Gasteiger partial charge >= 0.3 is 0 Å². The van der Waals surface area contributed by atoms with Crippen LogP contribution in [0.3, 0.4) is 0 Å². The highest BCUT2D eigenvalue weighted by atomic mass is 19.1. The Kier molecular flexibility index (Phi) is 2.19. The predicted molar refractivity (Wildman–Crippen MR) is 56.1 cm³/mol. The summed E-state index contributed by atoms with van der Waals surface area (Å²) in [6, 6.07) is 5.19. The quantitative estimate of drug-likeness (QED) is 0.776. The normalized spacial score (nSPS) is 24.9. The van der Waals surface area contributed by atoms with Gasteiger partial charge in [-0.2, -0.15) is 0 Å². The van der Waals surface area contributed by atoms with Crippen LogP contribution in [-0.2, 0) is 0 Å². The summed E-state index contributed by atoms with van der Waals surface area (Å²) in [5, 5.41) is 0. The Morgan fingerprint density at radius 2 is 2.07 bits per heavy atom. The highest BCUT2D eigenvalue weighted by molar-refractivity contribution is 5.56. The molecule has 2 unspecified atom stereocenters. The minimum Gasteiger partial charge on any atom is -0.377 e. The lowest BCUT2D eigenvalue weighted by molar-refractivity contribution is 0.626. The molecule has 0 aliphatic heterocycles. The monoisotopic (exact) mass is 194 g/mol. The van der Waals surface area contributed by atoms with Crippen LogP contribution in [0.5, 0.6) is 0 Å². The smallest absolute Gasteiger partial charge is 0.125 e. The van der Waals surface area contributed by atoms with Crippen LogP contribution in [0.2, 0.25) is 0 Å². The van der Waals surface area contributed by atoms with E-state index in [1.54, 1.807) is 6.07 Å². The third kappa shape index (κ3) is 1.60. The summed E-state index contributed by atoms with van der Waals surface area (Å²) in [6.07, 6.45) is 1.02. The molecule has 76 valence electrons. The van der Waals surface area contributed by atoms with E-state index in [0.717, 1.165) is 12.1 Å². The number of benzene rings is 1. The van der Waals surface area contributed by atoms with E-state index in [4.69, 9.17) is 5.73 Å². The molecule has 14 heavy (non-hydrogen) atoms. The van der Waals surface area contributed by atoms with E-state index in [-0.39, 0.29) is 11.9 Å². The number of halogens is 1. The van der Waals surface area contributed by atoms with Crippen molar-refractivity contribution in [3.05, 3.63) is 29.6 Å².